The maximum Gasteiger partial charge on any atom is 0.141 e. The molecule has 0 radical (unpaired) electrons. The van der Waals surface area contributed by atoms with Crippen molar-refractivity contribution in [1.82, 2.24) is 19.8 Å². The molecular formula is C14H24BrN5. The highest BCUT2D eigenvalue weighted by atomic mass is 79.9. The first-order valence-corrected chi connectivity index (χ1v) is 8.00. The van der Waals surface area contributed by atoms with Crippen LogP contribution >= 0.6 is 15.9 Å². The molecule has 1 atom stereocenters. The number of hydrogen-bond donors (Lipinski definition) is 1. The van der Waals surface area contributed by atoms with E-state index >= 15 is 0 Å². The predicted octanol–water partition coefficient (Wildman–Crippen LogP) is 1.56. The lowest BCUT2D eigenvalue weighted by molar-refractivity contribution is 0.113. The second-order valence-corrected chi connectivity index (χ2v) is 6.43. The lowest BCUT2D eigenvalue weighted by Gasteiger charge is -2.37. The van der Waals surface area contributed by atoms with Gasteiger partial charge in [-0.2, -0.15) is 0 Å². The Hall–Kier alpha value is -0.720. The summed E-state index contributed by atoms with van der Waals surface area (Å²) in [7, 11) is 4.34. The number of anilines is 1. The van der Waals surface area contributed by atoms with Crippen molar-refractivity contribution in [3.63, 3.8) is 0 Å². The molecule has 0 amide bonds. The zero-order chi connectivity index (χ0) is 14.7. The Kier molecular flexibility index (Phi) is 5.35. The Bertz CT molecular complexity index is 465. The van der Waals surface area contributed by atoms with Crippen LogP contribution in [0.3, 0.4) is 0 Å². The smallest absolute Gasteiger partial charge is 0.141 e. The SMILES string of the molecule is CCCc1nc(CC2CN(C)CCN2C)nc(N)c1Br. The molecular weight excluding hydrogens is 318 g/mol. The minimum absolute atomic E-state index is 0.462. The zero-order valence-corrected chi connectivity index (χ0v) is 14.2. The zero-order valence-electron chi connectivity index (χ0n) is 12.6. The van der Waals surface area contributed by atoms with Crippen molar-refractivity contribution in [3.05, 3.63) is 16.0 Å². The minimum Gasteiger partial charge on any atom is -0.383 e. The number of piperazine rings is 1. The van der Waals surface area contributed by atoms with E-state index in [9.17, 15) is 0 Å². The van der Waals surface area contributed by atoms with E-state index < -0.39 is 0 Å². The van der Waals surface area contributed by atoms with Gasteiger partial charge in [0.1, 0.15) is 11.6 Å². The van der Waals surface area contributed by atoms with E-state index in [4.69, 9.17) is 10.7 Å². The third kappa shape index (κ3) is 3.68. The van der Waals surface area contributed by atoms with Crippen LogP contribution in [0.5, 0.6) is 0 Å². The van der Waals surface area contributed by atoms with E-state index in [1.54, 1.807) is 0 Å². The van der Waals surface area contributed by atoms with Crippen LogP contribution in [0.25, 0.3) is 0 Å². The Balaban J connectivity index is 2.16. The molecule has 0 aromatic carbocycles. The number of aryl methyl sites for hydroxylation is 1. The number of nitrogens with two attached hydrogens (primary N) is 1. The molecule has 1 aliphatic heterocycles. The number of hydrogen-bond acceptors (Lipinski definition) is 5. The van der Waals surface area contributed by atoms with E-state index in [0.717, 1.165) is 54.9 Å². The summed E-state index contributed by atoms with van der Waals surface area (Å²) in [6.07, 6.45) is 2.84. The van der Waals surface area contributed by atoms with Crippen molar-refractivity contribution in [1.29, 1.82) is 0 Å². The molecule has 20 heavy (non-hydrogen) atoms. The van der Waals surface area contributed by atoms with Crippen LogP contribution in [-0.4, -0.2) is 59.5 Å². The van der Waals surface area contributed by atoms with E-state index in [1.807, 2.05) is 0 Å². The lowest BCUT2D eigenvalue weighted by atomic mass is 10.1. The molecule has 1 aromatic rings. The third-order valence-electron chi connectivity index (χ3n) is 3.88. The van der Waals surface area contributed by atoms with E-state index in [1.165, 1.54) is 0 Å². The van der Waals surface area contributed by atoms with Crippen molar-refractivity contribution in [2.75, 3.05) is 39.5 Å². The molecule has 0 spiro atoms. The fraction of sp³-hybridized carbons (Fsp3) is 0.714. The second kappa shape index (κ2) is 6.83. The van der Waals surface area contributed by atoms with Crippen molar-refractivity contribution < 1.29 is 0 Å². The molecule has 6 heteroatoms. The van der Waals surface area contributed by atoms with E-state index in [0.29, 0.717) is 11.9 Å². The van der Waals surface area contributed by atoms with Crippen LogP contribution in [0, 0.1) is 0 Å². The molecule has 1 aromatic heterocycles. The highest BCUT2D eigenvalue weighted by molar-refractivity contribution is 9.10. The predicted molar refractivity (Wildman–Crippen MR) is 85.8 cm³/mol. The van der Waals surface area contributed by atoms with Gasteiger partial charge in [0.25, 0.3) is 0 Å². The van der Waals surface area contributed by atoms with Crippen molar-refractivity contribution in [2.45, 2.75) is 32.2 Å². The summed E-state index contributed by atoms with van der Waals surface area (Å²) in [6.45, 7) is 5.42. The van der Waals surface area contributed by atoms with Crippen LogP contribution in [0.2, 0.25) is 0 Å². The molecule has 2 N–H and O–H groups in total. The first kappa shape index (κ1) is 15.7. The van der Waals surface area contributed by atoms with Gasteiger partial charge in [0.15, 0.2) is 0 Å². The number of aromatic nitrogens is 2. The molecule has 112 valence electrons. The van der Waals surface area contributed by atoms with Crippen LogP contribution in [0.4, 0.5) is 5.82 Å². The molecule has 1 aliphatic rings. The number of halogens is 1. The maximum atomic E-state index is 6.00. The average molecular weight is 342 g/mol. The highest BCUT2D eigenvalue weighted by Gasteiger charge is 2.24. The fourth-order valence-electron chi connectivity index (χ4n) is 2.59. The van der Waals surface area contributed by atoms with Crippen LogP contribution in [0.15, 0.2) is 4.47 Å². The van der Waals surface area contributed by atoms with Crippen molar-refractivity contribution in [2.24, 2.45) is 0 Å². The number of likely N-dealkylation sites (N-methyl/N-ethyl adjacent to an activating group) is 2. The first-order chi connectivity index (χ1) is 9.51. The van der Waals surface area contributed by atoms with Gasteiger partial charge in [0, 0.05) is 32.1 Å². The van der Waals surface area contributed by atoms with Gasteiger partial charge >= 0.3 is 0 Å². The minimum atomic E-state index is 0.462. The van der Waals surface area contributed by atoms with Gasteiger partial charge < -0.3 is 15.5 Å². The summed E-state index contributed by atoms with van der Waals surface area (Å²) in [4.78, 5) is 13.9. The average Bonchev–Trinajstić information content (AvgIpc) is 2.40. The molecule has 2 rings (SSSR count). The number of nitrogen functional groups attached to an aromatic ring is 1. The van der Waals surface area contributed by atoms with Gasteiger partial charge in [0.2, 0.25) is 0 Å². The first-order valence-electron chi connectivity index (χ1n) is 7.20. The topological polar surface area (TPSA) is 58.3 Å². The number of rotatable bonds is 4. The van der Waals surface area contributed by atoms with Gasteiger partial charge in [-0.3, -0.25) is 0 Å². The molecule has 1 unspecified atom stereocenters. The van der Waals surface area contributed by atoms with E-state index in [-0.39, 0.29) is 0 Å². The molecule has 0 bridgehead atoms. The number of nitrogens with zero attached hydrogens (tertiary/aromatic N) is 4. The quantitative estimate of drug-likeness (QED) is 0.900. The second-order valence-electron chi connectivity index (χ2n) is 5.64. The van der Waals surface area contributed by atoms with Crippen LogP contribution in [0.1, 0.15) is 24.9 Å². The Morgan fingerprint density at radius 2 is 2.05 bits per heavy atom. The summed E-state index contributed by atoms with van der Waals surface area (Å²) < 4.78 is 0.859. The molecule has 1 saturated heterocycles. The fourth-order valence-corrected chi connectivity index (χ4v) is 2.97. The largest absolute Gasteiger partial charge is 0.383 e. The molecule has 0 saturated carbocycles. The van der Waals surface area contributed by atoms with Crippen LogP contribution < -0.4 is 5.73 Å². The normalized spacial score (nSPS) is 21.3. The highest BCUT2D eigenvalue weighted by Crippen LogP contribution is 2.23. The van der Waals surface area contributed by atoms with Gasteiger partial charge in [-0.15, -0.1) is 0 Å². The summed E-state index contributed by atoms with van der Waals surface area (Å²) in [5.74, 6) is 1.42. The summed E-state index contributed by atoms with van der Waals surface area (Å²) in [6, 6.07) is 0.462. The lowest BCUT2D eigenvalue weighted by Crippen LogP contribution is -2.51. The standard InChI is InChI=1S/C14H24BrN5/c1-4-5-11-13(15)14(16)18-12(17-11)8-10-9-19(2)6-7-20(10)3/h10H,4-9H2,1-3H3,(H2,16,17,18). The van der Waals surface area contributed by atoms with Gasteiger partial charge in [0.05, 0.1) is 10.2 Å². The third-order valence-corrected chi connectivity index (χ3v) is 4.74. The van der Waals surface area contributed by atoms with Crippen molar-refractivity contribution in [3.8, 4) is 0 Å². The molecule has 0 aliphatic carbocycles. The van der Waals surface area contributed by atoms with Gasteiger partial charge in [-0.05, 0) is 36.4 Å². The monoisotopic (exact) mass is 341 g/mol. The van der Waals surface area contributed by atoms with Gasteiger partial charge in [-0.25, -0.2) is 9.97 Å². The summed E-state index contributed by atoms with van der Waals surface area (Å²) in [5, 5.41) is 0. The molecule has 2 heterocycles. The van der Waals surface area contributed by atoms with Crippen molar-refractivity contribution >= 4 is 21.7 Å². The Labute approximate surface area is 129 Å². The van der Waals surface area contributed by atoms with Crippen LogP contribution in [-0.2, 0) is 12.8 Å². The Morgan fingerprint density at radius 3 is 2.75 bits per heavy atom. The maximum absolute atomic E-state index is 6.00. The summed E-state index contributed by atoms with van der Waals surface area (Å²) in [5.41, 5.74) is 7.03. The van der Waals surface area contributed by atoms with E-state index in [2.05, 4.69) is 51.7 Å². The molecule has 1 fully saturated rings. The Morgan fingerprint density at radius 1 is 1.30 bits per heavy atom. The summed E-state index contributed by atoms with van der Waals surface area (Å²) >= 11 is 3.49. The van der Waals surface area contributed by atoms with Gasteiger partial charge in [-0.1, -0.05) is 13.3 Å². The molecule has 5 nitrogen and oxygen atoms in total.